The van der Waals surface area contributed by atoms with Crippen LogP contribution in [0.3, 0.4) is 0 Å². The highest BCUT2D eigenvalue weighted by Crippen LogP contribution is 2.21. The van der Waals surface area contributed by atoms with Crippen molar-refractivity contribution in [3.8, 4) is 5.69 Å². The molecule has 0 radical (unpaired) electrons. The Hall–Kier alpha value is -2.54. The molecule has 1 unspecified atom stereocenters. The lowest BCUT2D eigenvalue weighted by Crippen LogP contribution is -2.28. The van der Waals surface area contributed by atoms with Crippen molar-refractivity contribution in [1.29, 1.82) is 0 Å². The smallest absolute Gasteiger partial charge is 0.231 e. The first-order valence-corrected chi connectivity index (χ1v) is 8.37. The first kappa shape index (κ1) is 16.3. The molecule has 1 atom stereocenters. The highest BCUT2D eigenvalue weighted by molar-refractivity contribution is 7.99. The van der Waals surface area contributed by atoms with Crippen molar-refractivity contribution in [2.45, 2.75) is 18.1 Å². The van der Waals surface area contributed by atoms with E-state index in [-0.39, 0.29) is 23.5 Å². The Labute approximate surface area is 142 Å². The number of hydrogen-bond donors (Lipinski definition) is 1. The van der Waals surface area contributed by atoms with Gasteiger partial charge in [0, 0.05) is 12.4 Å². The van der Waals surface area contributed by atoms with Crippen LogP contribution in [0.15, 0.2) is 64.6 Å². The fraction of sp³-hybridized carbons (Fsp3) is 0.176. The zero-order valence-electron chi connectivity index (χ0n) is 13.0. The lowest BCUT2D eigenvalue weighted by Gasteiger charge is -2.11. The number of halogens is 1. The Balaban J connectivity index is 1.61. The van der Waals surface area contributed by atoms with Gasteiger partial charge in [-0.3, -0.25) is 9.36 Å². The maximum atomic E-state index is 13.4. The monoisotopic (exact) mass is 345 g/mol. The van der Waals surface area contributed by atoms with E-state index < -0.39 is 0 Å². The summed E-state index contributed by atoms with van der Waals surface area (Å²) in [6, 6.07) is 9.62. The number of rotatable bonds is 6. The molecule has 2 aromatic heterocycles. The van der Waals surface area contributed by atoms with Crippen LogP contribution in [0.5, 0.6) is 0 Å². The minimum atomic E-state index is -0.317. The molecule has 1 N–H and O–H groups in total. The van der Waals surface area contributed by atoms with Crippen molar-refractivity contribution in [2.75, 3.05) is 5.75 Å². The molecule has 3 aromatic rings. The maximum Gasteiger partial charge on any atom is 0.231 e. The van der Waals surface area contributed by atoms with Gasteiger partial charge in [-0.25, -0.2) is 9.37 Å². The molecule has 2 heterocycles. The zero-order valence-corrected chi connectivity index (χ0v) is 13.8. The fourth-order valence-electron chi connectivity index (χ4n) is 2.24. The lowest BCUT2D eigenvalue weighted by molar-refractivity contribution is -0.119. The number of amides is 1. The largest absolute Gasteiger partial charge is 0.467 e. The molecule has 7 heteroatoms. The molecule has 0 aliphatic carbocycles. The zero-order chi connectivity index (χ0) is 16.9. The predicted molar refractivity (Wildman–Crippen MR) is 89.5 cm³/mol. The second-order valence-corrected chi connectivity index (χ2v) is 6.10. The minimum absolute atomic E-state index is 0.127. The molecule has 0 saturated carbocycles. The summed E-state index contributed by atoms with van der Waals surface area (Å²) in [4.78, 5) is 16.3. The third-order valence-electron chi connectivity index (χ3n) is 3.37. The molecule has 1 aromatic carbocycles. The molecule has 0 spiro atoms. The van der Waals surface area contributed by atoms with Crippen molar-refractivity contribution in [1.82, 2.24) is 14.9 Å². The Morgan fingerprint density at radius 3 is 3.04 bits per heavy atom. The van der Waals surface area contributed by atoms with Crippen LogP contribution in [0.25, 0.3) is 5.69 Å². The van der Waals surface area contributed by atoms with Crippen LogP contribution in [0.1, 0.15) is 18.7 Å². The molecule has 124 valence electrons. The molecule has 0 aliphatic rings. The highest BCUT2D eigenvalue weighted by Gasteiger charge is 2.14. The van der Waals surface area contributed by atoms with Gasteiger partial charge in [-0.2, -0.15) is 0 Å². The van der Waals surface area contributed by atoms with Crippen molar-refractivity contribution in [3.05, 3.63) is 66.6 Å². The van der Waals surface area contributed by atoms with Gasteiger partial charge in [0.1, 0.15) is 11.6 Å². The first-order valence-electron chi connectivity index (χ1n) is 7.38. The SMILES string of the molecule is CC(NC(=O)CSc1nccn1-c1cccc(F)c1)c1ccco1. The van der Waals surface area contributed by atoms with Gasteiger partial charge in [0.2, 0.25) is 5.91 Å². The number of furan rings is 1. The van der Waals surface area contributed by atoms with Crippen LogP contribution in [0, 0.1) is 5.82 Å². The maximum absolute atomic E-state index is 13.4. The van der Waals surface area contributed by atoms with E-state index in [1.807, 2.05) is 13.0 Å². The summed E-state index contributed by atoms with van der Waals surface area (Å²) in [6.07, 6.45) is 4.93. The van der Waals surface area contributed by atoms with Crippen LogP contribution in [0.2, 0.25) is 0 Å². The molecular weight excluding hydrogens is 329 g/mol. The first-order chi connectivity index (χ1) is 11.6. The van der Waals surface area contributed by atoms with Gasteiger partial charge < -0.3 is 9.73 Å². The van der Waals surface area contributed by atoms with Crippen LogP contribution < -0.4 is 5.32 Å². The molecule has 0 bridgehead atoms. The van der Waals surface area contributed by atoms with Gasteiger partial charge >= 0.3 is 0 Å². The Bertz CT molecular complexity index is 817. The molecule has 0 fully saturated rings. The Morgan fingerprint density at radius 2 is 2.29 bits per heavy atom. The highest BCUT2D eigenvalue weighted by atomic mass is 32.2. The summed E-state index contributed by atoms with van der Waals surface area (Å²) in [5.41, 5.74) is 0.666. The number of imidazole rings is 1. The van der Waals surface area contributed by atoms with Gasteiger partial charge in [0.25, 0.3) is 0 Å². The van der Waals surface area contributed by atoms with E-state index >= 15 is 0 Å². The summed E-state index contributed by atoms with van der Waals surface area (Å²) in [7, 11) is 0. The summed E-state index contributed by atoms with van der Waals surface area (Å²) in [5.74, 6) is 0.464. The second kappa shape index (κ2) is 7.35. The number of nitrogens with one attached hydrogen (secondary N) is 1. The molecular formula is C17H16FN3O2S. The number of nitrogens with zero attached hydrogens (tertiary/aromatic N) is 2. The summed E-state index contributed by atoms with van der Waals surface area (Å²) >= 11 is 1.29. The molecule has 1 amide bonds. The van der Waals surface area contributed by atoms with Crippen LogP contribution in [0.4, 0.5) is 4.39 Å². The third kappa shape index (κ3) is 3.86. The number of hydrogen-bond acceptors (Lipinski definition) is 4. The van der Waals surface area contributed by atoms with Gasteiger partial charge in [-0.1, -0.05) is 17.8 Å². The van der Waals surface area contributed by atoms with E-state index in [0.29, 0.717) is 16.6 Å². The van der Waals surface area contributed by atoms with Gasteiger partial charge in [0.05, 0.1) is 23.7 Å². The minimum Gasteiger partial charge on any atom is -0.467 e. The molecule has 0 saturated heterocycles. The van der Waals surface area contributed by atoms with Crippen molar-refractivity contribution in [3.63, 3.8) is 0 Å². The van der Waals surface area contributed by atoms with E-state index in [1.165, 1.54) is 23.9 Å². The number of benzene rings is 1. The summed E-state index contributed by atoms with van der Waals surface area (Å²) < 4.78 is 20.4. The molecule has 24 heavy (non-hydrogen) atoms. The van der Waals surface area contributed by atoms with Crippen molar-refractivity contribution in [2.24, 2.45) is 0 Å². The lowest BCUT2D eigenvalue weighted by atomic mass is 10.2. The van der Waals surface area contributed by atoms with E-state index in [1.54, 1.807) is 41.4 Å². The number of aromatic nitrogens is 2. The van der Waals surface area contributed by atoms with Crippen molar-refractivity contribution >= 4 is 17.7 Å². The van der Waals surface area contributed by atoms with Crippen molar-refractivity contribution < 1.29 is 13.6 Å². The summed E-state index contributed by atoms with van der Waals surface area (Å²) in [5, 5.41) is 3.49. The van der Waals surface area contributed by atoms with Gasteiger partial charge in [-0.15, -0.1) is 0 Å². The van der Waals surface area contributed by atoms with Gasteiger partial charge in [0.15, 0.2) is 5.16 Å². The molecule has 3 rings (SSSR count). The Morgan fingerprint density at radius 1 is 1.42 bits per heavy atom. The average molecular weight is 345 g/mol. The molecule has 5 nitrogen and oxygen atoms in total. The summed E-state index contributed by atoms with van der Waals surface area (Å²) in [6.45, 7) is 1.86. The van der Waals surface area contributed by atoms with E-state index in [0.717, 1.165) is 0 Å². The third-order valence-corrected chi connectivity index (χ3v) is 4.34. The molecule has 0 aliphatic heterocycles. The van der Waals surface area contributed by atoms with Crippen LogP contribution >= 0.6 is 11.8 Å². The van der Waals surface area contributed by atoms with Crippen LogP contribution in [-0.2, 0) is 4.79 Å². The van der Waals surface area contributed by atoms with Crippen LogP contribution in [-0.4, -0.2) is 21.2 Å². The second-order valence-electron chi connectivity index (χ2n) is 5.15. The topological polar surface area (TPSA) is 60.1 Å². The van der Waals surface area contributed by atoms with Gasteiger partial charge in [-0.05, 0) is 37.3 Å². The van der Waals surface area contributed by atoms with E-state index in [4.69, 9.17) is 4.42 Å². The number of carbonyl (C=O) groups is 1. The van der Waals surface area contributed by atoms with E-state index in [9.17, 15) is 9.18 Å². The normalized spacial score (nSPS) is 12.1. The number of thioether (sulfide) groups is 1. The van der Waals surface area contributed by atoms with E-state index in [2.05, 4.69) is 10.3 Å². The average Bonchev–Trinajstić information content (AvgIpc) is 3.24. The standard InChI is InChI=1S/C17H16FN3O2S/c1-12(15-6-3-9-23-15)20-16(22)11-24-17-19-7-8-21(17)14-5-2-4-13(18)10-14/h2-10,12H,11H2,1H3,(H,20,22). The number of carbonyl (C=O) groups excluding carboxylic acids is 1. The fourth-order valence-corrected chi connectivity index (χ4v) is 3.03. The Kier molecular flexibility index (Phi) is 5.00. The predicted octanol–water partition coefficient (Wildman–Crippen LogP) is 3.57. The quantitative estimate of drug-likeness (QED) is 0.694.